The quantitative estimate of drug-likeness (QED) is 0.325. The minimum atomic E-state index is -0.220. The molecule has 0 saturated heterocycles. The van der Waals surface area contributed by atoms with Crippen molar-refractivity contribution in [3.8, 4) is 22.9 Å². The van der Waals surface area contributed by atoms with Crippen LogP contribution in [-0.4, -0.2) is 16.1 Å². The summed E-state index contributed by atoms with van der Waals surface area (Å²) in [6.07, 6.45) is 0. The van der Waals surface area contributed by atoms with Gasteiger partial charge in [0, 0.05) is 27.8 Å². The van der Waals surface area contributed by atoms with E-state index in [0.717, 1.165) is 32.8 Å². The Bertz CT molecular complexity index is 1240. The summed E-state index contributed by atoms with van der Waals surface area (Å²) in [4.78, 5) is 13.5. The van der Waals surface area contributed by atoms with E-state index in [4.69, 9.17) is 4.74 Å². The van der Waals surface area contributed by atoms with Gasteiger partial charge in [-0.3, -0.25) is 9.89 Å². The summed E-state index contributed by atoms with van der Waals surface area (Å²) < 4.78 is 6.02. The van der Waals surface area contributed by atoms with Crippen LogP contribution < -0.4 is 10.1 Å². The van der Waals surface area contributed by atoms with Crippen molar-refractivity contribution >= 4 is 24.2 Å². The van der Waals surface area contributed by atoms with Crippen LogP contribution in [0.15, 0.2) is 71.6 Å². The topological polar surface area (TPSA) is 67.0 Å². The molecule has 3 aromatic carbocycles. The summed E-state index contributed by atoms with van der Waals surface area (Å²) in [5, 5.41) is 10.2. The lowest BCUT2D eigenvalue weighted by molar-refractivity contribution is 0.102. The zero-order chi connectivity index (χ0) is 22.0. The Labute approximate surface area is 186 Å². The zero-order valence-corrected chi connectivity index (χ0v) is 18.5. The van der Waals surface area contributed by atoms with Crippen LogP contribution in [-0.2, 0) is 0 Å². The van der Waals surface area contributed by atoms with Gasteiger partial charge < -0.3 is 10.1 Å². The first-order valence-electron chi connectivity index (χ1n) is 9.91. The van der Waals surface area contributed by atoms with Gasteiger partial charge in [-0.15, -0.1) is 17.7 Å². The minimum absolute atomic E-state index is 0.220. The maximum absolute atomic E-state index is 12.7. The molecule has 5 nitrogen and oxygen atoms in total. The molecule has 31 heavy (non-hydrogen) atoms. The molecule has 0 saturated carbocycles. The van der Waals surface area contributed by atoms with Gasteiger partial charge in [0.15, 0.2) is 0 Å². The monoisotopic (exact) mass is 429 g/mol. The number of nitrogens with one attached hydrogen (secondary N) is 2. The molecular weight excluding hydrogens is 406 g/mol. The number of ether oxygens (including phenoxy) is 1. The number of aromatic nitrogens is 2. The first-order valence-corrected chi connectivity index (χ1v) is 10.4. The van der Waals surface area contributed by atoms with Crippen molar-refractivity contribution in [2.24, 2.45) is 0 Å². The van der Waals surface area contributed by atoms with Gasteiger partial charge in [-0.05, 0) is 67.8 Å². The van der Waals surface area contributed by atoms with E-state index in [-0.39, 0.29) is 5.91 Å². The van der Waals surface area contributed by atoms with Crippen LogP contribution >= 0.6 is 12.6 Å². The molecule has 4 rings (SSSR count). The van der Waals surface area contributed by atoms with E-state index in [9.17, 15) is 4.79 Å². The maximum atomic E-state index is 12.7. The first kappa shape index (κ1) is 20.8. The molecule has 1 aromatic heterocycles. The number of H-pyrrole nitrogens is 1. The molecule has 1 amide bonds. The lowest BCUT2D eigenvalue weighted by Gasteiger charge is -2.10. The number of anilines is 1. The number of benzene rings is 3. The number of aryl methyl sites for hydroxylation is 3. The third-order valence-electron chi connectivity index (χ3n) is 5.07. The number of rotatable bonds is 5. The largest absolute Gasteiger partial charge is 0.437 e. The van der Waals surface area contributed by atoms with Gasteiger partial charge in [0.25, 0.3) is 5.91 Å². The molecule has 0 aliphatic heterocycles. The predicted octanol–water partition coefficient (Wildman–Crippen LogP) is 6.34. The standard InChI is InChI=1S/C25H23N3O2S/c1-15-10-11-18(25(29)26-19-8-5-9-20(31)13-19)12-22(15)30-23-14-21(27-28-23)24-16(2)6-4-7-17(24)3/h4-14,31H,1-3H3,(H,26,29)(H,27,28). The van der Waals surface area contributed by atoms with Crippen molar-refractivity contribution in [1.82, 2.24) is 10.2 Å². The van der Waals surface area contributed by atoms with Crippen LogP contribution in [0, 0.1) is 20.8 Å². The van der Waals surface area contributed by atoms with Gasteiger partial charge in [-0.2, -0.15) is 0 Å². The highest BCUT2D eigenvalue weighted by molar-refractivity contribution is 7.80. The van der Waals surface area contributed by atoms with Crippen LogP contribution in [0.4, 0.5) is 5.69 Å². The van der Waals surface area contributed by atoms with Gasteiger partial charge >= 0.3 is 0 Å². The number of amides is 1. The molecule has 0 aliphatic carbocycles. The first-order chi connectivity index (χ1) is 14.9. The summed E-state index contributed by atoms with van der Waals surface area (Å²) in [5.74, 6) is 0.804. The summed E-state index contributed by atoms with van der Waals surface area (Å²) >= 11 is 4.31. The Hall–Kier alpha value is -3.51. The maximum Gasteiger partial charge on any atom is 0.255 e. The minimum Gasteiger partial charge on any atom is -0.437 e. The summed E-state index contributed by atoms with van der Waals surface area (Å²) in [6, 6.07) is 20.7. The van der Waals surface area contributed by atoms with Crippen molar-refractivity contribution in [3.63, 3.8) is 0 Å². The molecular formula is C25H23N3O2S. The second-order valence-electron chi connectivity index (χ2n) is 7.47. The number of carbonyl (C=O) groups is 1. The SMILES string of the molecule is Cc1ccc(C(=O)Nc2cccc(S)c2)cc1Oc1cc(-c2c(C)cccc2C)[nH]n1. The van der Waals surface area contributed by atoms with Gasteiger partial charge in [0.2, 0.25) is 5.88 Å². The zero-order valence-electron chi connectivity index (χ0n) is 17.6. The van der Waals surface area contributed by atoms with E-state index >= 15 is 0 Å². The van der Waals surface area contributed by atoms with E-state index in [1.165, 1.54) is 0 Å². The van der Waals surface area contributed by atoms with Crippen LogP contribution in [0.25, 0.3) is 11.3 Å². The summed E-state index contributed by atoms with van der Waals surface area (Å²) in [6.45, 7) is 6.07. The predicted molar refractivity (Wildman–Crippen MR) is 126 cm³/mol. The Morgan fingerprint density at radius 1 is 0.935 bits per heavy atom. The van der Waals surface area contributed by atoms with Gasteiger partial charge in [-0.25, -0.2) is 0 Å². The second-order valence-corrected chi connectivity index (χ2v) is 7.99. The van der Waals surface area contributed by atoms with E-state index < -0.39 is 0 Å². The fourth-order valence-corrected chi connectivity index (χ4v) is 3.70. The third-order valence-corrected chi connectivity index (χ3v) is 5.35. The molecule has 156 valence electrons. The molecule has 0 unspecified atom stereocenters. The lowest BCUT2D eigenvalue weighted by Crippen LogP contribution is -2.12. The molecule has 0 spiro atoms. The van der Waals surface area contributed by atoms with Crippen molar-refractivity contribution in [3.05, 3.63) is 89.0 Å². The second kappa shape index (κ2) is 8.70. The average Bonchev–Trinajstić information content (AvgIpc) is 3.17. The fourth-order valence-electron chi connectivity index (χ4n) is 3.47. The van der Waals surface area contributed by atoms with Crippen LogP contribution in [0.5, 0.6) is 11.6 Å². The molecule has 0 aliphatic rings. The van der Waals surface area contributed by atoms with Crippen molar-refractivity contribution in [2.75, 3.05) is 5.32 Å². The highest BCUT2D eigenvalue weighted by atomic mass is 32.1. The molecule has 6 heteroatoms. The number of carbonyl (C=O) groups excluding carboxylic acids is 1. The van der Waals surface area contributed by atoms with Crippen molar-refractivity contribution in [1.29, 1.82) is 0 Å². The van der Waals surface area contributed by atoms with E-state index in [1.807, 2.05) is 43.3 Å². The van der Waals surface area contributed by atoms with Crippen LogP contribution in [0.3, 0.4) is 0 Å². The van der Waals surface area contributed by atoms with Crippen molar-refractivity contribution < 1.29 is 9.53 Å². The molecule has 0 fully saturated rings. The van der Waals surface area contributed by atoms with Crippen LogP contribution in [0.1, 0.15) is 27.0 Å². The third kappa shape index (κ3) is 4.64. The van der Waals surface area contributed by atoms with Gasteiger partial charge in [0.1, 0.15) is 5.75 Å². The molecule has 0 bridgehead atoms. The van der Waals surface area contributed by atoms with Crippen molar-refractivity contribution in [2.45, 2.75) is 25.7 Å². The lowest BCUT2D eigenvalue weighted by atomic mass is 10.0. The number of aromatic amines is 1. The fraction of sp³-hybridized carbons (Fsp3) is 0.120. The Morgan fingerprint density at radius 3 is 2.42 bits per heavy atom. The average molecular weight is 430 g/mol. The molecule has 0 radical (unpaired) electrons. The Kier molecular flexibility index (Phi) is 5.82. The molecule has 0 atom stereocenters. The summed E-state index contributed by atoms with van der Waals surface area (Å²) in [5.41, 5.74) is 6.42. The smallest absolute Gasteiger partial charge is 0.255 e. The highest BCUT2D eigenvalue weighted by Crippen LogP contribution is 2.31. The van der Waals surface area contributed by atoms with Crippen LogP contribution in [0.2, 0.25) is 0 Å². The number of nitrogens with zero attached hydrogens (tertiary/aromatic N) is 1. The molecule has 4 aromatic rings. The highest BCUT2D eigenvalue weighted by Gasteiger charge is 2.13. The van der Waals surface area contributed by atoms with Gasteiger partial charge in [-0.1, -0.05) is 30.3 Å². The Morgan fingerprint density at radius 2 is 1.68 bits per heavy atom. The summed E-state index contributed by atoms with van der Waals surface area (Å²) in [7, 11) is 0. The number of hydrogen-bond acceptors (Lipinski definition) is 4. The van der Waals surface area contributed by atoms with E-state index in [1.54, 1.807) is 18.2 Å². The van der Waals surface area contributed by atoms with Gasteiger partial charge in [0.05, 0.1) is 5.69 Å². The normalized spacial score (nSPS) is 10.7. The molecule has 2 N–H and O–H groups in total. The van der Waals surface area contributed by atoms with E-state index in [0.29, 0.717) is 22.9 Å². The number of hydrogen-bond donors (Lipinski definition) is 3. The molecule has 1 heterocycles. The van der Waals surface area contributed by atoms with E-state index in [2.05, 4.69) is 54.1 Å². The Balaban J connectivity index is 1.56. The number of thiol groups is 1.